The van der Waals surface area contributed by atoms with Gasteiger partial charge in [0.1, 0.15) is 0 Å². The minimum Gasteiger partial charge on any atom is -0.408 e. The molecule has 2 rings (SSSR count). The van der Waals surface area contributed by atoms with Gasteiger partial charge in [0.05, 0.1) is 5.52 Å². The molecule has 2 aromatic rings. The van der Waals surface area contributed by atoms with E-state index in [9.17, 15) is 4.79 Å². The zero-order valence-corrected chi connectivity index (χ0v) is 10.4. The fraction of sp³-hybridized carbons (Fsp3) is 0.462. The van der Waals surface area contributed by atoms with Gasteiger partial charge in [-0.05, 0) is 36.1 Å². The lowest BCUT2D eigenvalue weighted by Crippen LogP contribution is -2.17. The molecule has 0 bridgehead atoms. The van der Waals surface area contributed by atoms with Crippen molar-refractivity contribution in [2.45, 2.75) is 19.8 Å². The summed E-state index contributed by atoms with van der Waals surface area (Å²) in [6.07, 6.45) is 0. The number of oxazole rings is 1. The van der Waals surface area contributed by atoms with E-state index >= 15 is 0 Å². The summed E-state index contributed by atoms with van der Waals surface area (Å²) in [5.74, 6) is 0.455. The number of aryl methyl sites for hydroxylation is 1. The molecule has 1 aromatic carbocycles. The highest BCUT2D eigenvalue weighted by atomic mass is 16.4. The molecule has 2 N–H and O–H groups in total. The van der Waals surface area contributed by atoms with Crippen LogP contribution in [0, 0.1) is 5.92 Å². The summed E-state index contributed by atoms with van der Waals surface area (Å²) in [6.45, 7) is 4.90. The summed E-state index contributed by atoms with van der Waals surface area (Å²) < 4.78 is 6.62. The van der Waals surface area contributed by atoms with Gasteiger partial charge in [-0.1, -0.05) is 19.9 Å². The van der Waals surface area contributed by atoms with Gasteiger partial charge >= 0.3 is 5.76 Å². The predicted octanol–water partition coefficient (Wildman–Crippen LogP) is 1.83. The van der Waals surface area contributed by atoms with Crippen LogP contribution >= 0.6 is 0 Å². The molecule has 92 valence electrons. The van der Waals surface area contributed by atoms with Gasteiger partial charge < -0.3 is 10.2 Å². The van der Waals surface area contributed by atoms with E-state index in [0.29, 0.717) is 24.0 Å². The van der Waals surface area contributed by atoms with Gasteiger partial charge in [-0.25, -0.2) is 4.79 Å². The minimum atomic E-state index is -0.328. The van der Waals surface area contributed by atoms with Gasteiger partial charge in [0, 0.05) is 7.05 Å². The third kappa shape index (κ3) is 2.00. The normalized spacial score (nSPS) is 13.5. The van der Waals surface area contributed by atoms with Gasteiger partial charge in [0.25, 0.3) is 0 Å². The second-order valence-corrected chi connectivity index (χ2v) is 4.74. The summed E-state index contributed by atoms with van der Waals surface area (Å²) in [5.41, 5.74) is 8.41. The van der Waals surface area contributed by atoms with Crippen molar-refractivity contribution in [1.82, 2.24) is 4.57 Å². The topological polar surface area (TPSA) is 61.2 Å². The third-order valence-electron chi connectivity index (χ3n) is 3.30. The van der Waals surface area contributed by atoms with Crippen LogP contribution in [-0.2, 0) is 7.05 Å². The highest BCUT2D eigenvalue weighted by molar-refractivity contribution is 5.73. The van der Waals surface area contributed by atoms with E-state index in [1.807, 2.05) is 18.2 Å². The number of aromatic nitrogens is 1. The summed E-state index contributed by atoms with van der Waals surface area (Å²) in [7, 11) is 1.71. The lowest BCUT2D eigenvalue weighted by molar-refractivity contribution is 0.506. The van der Waals surface area contributed by atoms with Crippen LogP contribution in [0.2, 0.25) is 0 Å². The van der Waals surface area contributed by atoms with Crippen LogP contribution in [0.15, 0.2) is 27.4 Å². The average molecular weight is 234 g/mol. The van der Waals surface area contributed by atoms with E-state index < -0.39 is 0 Å². The van der Waals surface area contributed by atoms with Crippen molar-refractivity contribution in [3.63, 3.8) is 0 Å². The molecule has 0 amide bonds. The van der Waals surface area contributed by atoms with Crippen LogP contribution in [0.4, 0.5) is 0 Å². The van der Waals surface area contributed by atoms with Crippen molar-refractivity contribution < 1.29 is 4.42 Å². The fourth-order valence-corrected chi connectivity index (χ4v) is 2.17. The van der Waals surface area contributed by atoms with Gasteiger partial charge in [-0.2, -0.15) is 0 Å². The number of nitrogens with zero attached hydrogens (tertiary/aromatic N) is 1. The minimum absolute atomic E-state index is 0.310. The van der Waals surface area contributed by atoms with Crippen molar-refractivity contribution in [2.24, 2.45) is 18.7 Å². The SMILES string of the molecule is CC(C)C(CN)c1ccc2oc(=O)n(C)c2c1. The Kier molecular flexibility index (Phi) is 3.07. The maximum atomic E-state index is 11.4. The summed E-state index contributed by atoms with van der Waals surface area (Å²) in [6, 6.07) is 5.83. The van der Waals surface area contributed by atoms with Crippen LogP contribution in [0.1, 0.15) is 25.3 Å². The molecule has 0 radical (unpaired) electrons. The predicted molar refractivity (Wildman–Crippen MR) is 68.1 cm³/mol. The standard InChI is InChI=1S/C13H18N2O2/c1-8(2)10(7-14)9-4-5-12-11(6-9)15(3)13(16)17-12/h4-6,8,10H,7,14H2,1-3H3. The quantitative estimate of drug-likeness (QED) is 0.881. The maximum absolute atomic E-state index is 11.4. The molecule has 1 unspecified atom stereocenters. The summed E-state index contributed by atoms with van der Waals surface area (Å²) >= 11 is 0. The number of hydrogen-bond donors (Lipinski definition) is 1. The molecule has 0 aliphatic heterocycles. The Labute approximate surface area is 100 Å². The zero-order chi connectivity index (χ0) is 12.6. The van der Waals surface area contributed by atoms with Crippen molar-refractivity contribution >= 4 is 11.1 Å². The lowest BCUT2D eigenvalue weighted by atomic mass is 9.88. The highest BCUT2D eigenvalue weighted by Gasteiger charge is 2.16. The number of rotatable bonds is 3. The van der Waals surface area contributed by atoms with Gasteiger partial charge in [-0.15, -0.1) is 0 Å². The number of hydrogen-bond acceptors (Lipinski definition) is 3. The second kappa shape index (κ2) is 4.37. The van der Waals surface area contributed by atoms with Crippen LogP contribution in [0.25, 0.3) is 11.1 Å². The molecule has 0 saturated carbocycles. The third-order valence-corrected chi connectivity index (χ3v) is 3.30. The molecule has 1 aromatic heterocycles. The fourth-order valence-electron chi connectivity index (χ4n) is 2.17. The van der Waals surface area contributed by atoms with E-state index in [2.05, 4.69) is 13.8 Å². The Balaban J connectivity index is 2.57. The van der Waals surface area contributed by atoms with Crippen molar-refractivity contribution in [3.8, 4) is 0 Å². The molecule has 1 heterocycles. The first-order chi connectivity index (χ1) is 8.04. The first-order valence-corrected chi connectivity index (χ1v) is 5.84. The number of fused-ring (bicyclic) bond motifs is 1. The Morgan fingerprint density at radius 3 is 2.71 bits per heavy atom. The van der Waals surface area contributed by atoms with E-state index in [4.69, 9.17) is 10.2 Å². The van der Waals surface area contributed by atoms with E-state index in [0.717, 1.165) is 11.1 Å². The molecule has 1 atom stereocenters. The Hall–Kier alpha value is -1.55. The molecule has 0 aliphatic carbocycles. The number of benzene rings is 1. The first-order valence-electron chi connectivity index (χ1n) is 5.84. The Bertz CT molecular complexity index is 581. The van der Waals surface area contributed by atoms with Crippen molar-refractivity contribution in [2.75, 3.05) is 6.54 Å². The molecule has 4 nitrogen and oxygen atoms in total. The van der Waals surface area contributed by atoms with Gasteiger partial charge in [-0.3, -0.25) is 4.57 Å². The lowest BCUT2D eigenvalue weighted by Gasteiger charge is -2.19. The first kappa shape index (κ1) is 11.9. The summed E-state index contributed by atoms with van der Waals surface area (Å²) in [4.78, 5) is 11.4. The van der Waals surface area contributed by atoms with E-state index in [-0.39, 0.29) is 5.76 Å². The summed E-state index contributed by atoms with van der Waals surface area (Å²) in [5, 5.41) is 0. The average Bonchev–Trinajstić information content (AvgIpc) is 2.56. The molecule has 0 aliphatic rings. The largest absolute Gasteiger partial charge is 0.419 e. The molecule has 0 fully saturated rings. The van der Waals surface area contributed by atoms with Gasteiger partial charge in [0.2, 0.25) is 0 Å². The molecule has 0 spiro atoms. The molecule has 17 heavy (non-hydrogen) atoms. The van der Waals surface area contributed by atoms with Crippen LogP contribution in [0.3, 0.4) is 0 Å². The Morgan fingerprint density at radius 2 is 2.12 bits per heavy atom. The second-order valence-electron chi connectivity index (χ2n) is 4.74. The monoisotopic (exact) mass is 234 g/mol. The zero-order valence-electron chi connectivity index (χ0n) is 10.4. The Morgan fingerprint density at radius 1 is 1.41 bits per heavy atom. The van der Waals surface area contributed by atoms with Gasteiger partial charge in [0.15, 0.2) is 5.58 Å². The molecule has 4 heteroatoms. The molecular weight excluding hydrogens is 216 g/mol. The molecule has 0 saturated heterocycles. The number of nitrogens with two attached hydrogens (primary N) is 1. The molecular formula is C13H18N2O2. The smallest absolute Gasteiger partial charge is 0.408 e. The van der Waals surface area contributed by atoms with Crippen molar-refractivity contribution in [3.05, 3.63) is 34.3 Å². The van der Waals surface area contributed by atoms with E-state index in [1.165, 1.54) is 4.57 Å². The van der Waals surface area contributed by atoms with Crippen LogP contribution in [0.5, 0.6) is 0 Å². The maximum Gasteiger partial charge on any atom is 0.419 e. The van der Waals surface area contributed by atoms with Crippen LogP contribution < -0.4 is 11.5 Å². The highest BCUT2D eigenvalue weighted by Crippen LogP contribution is 2.26. The van der Waals surface area contributed by atoms with E-state index in [1.54, 1.807) is 7.05 Å². The van der Waals surface area contributed by atoms with Crippen LogP contribution in [-0.4, -0.2) is 11.1 Å². The van der Waals surface area contributed by atoms with Crippen molar-refractivity contribution in [1.29, 1.82) is 0 Å².